The smallest absolute Gasteiger partial charge is 0.257 e. The Balaban J connectivity index is 2.90. The van der Waals surface area contributed by atoms with Crippen LogP contribution < -0.4 is 5.73 Å². The molecule has 0 spiro atoms. The highest BCUT2D eigenvalue weighted by Crippen LogP contribution is 2.14. The first-order valence-corrected chi connectivity index (χ1v) is 5.48. The van der Waals surface area contributed by atoms with Gasteiger partial charge in [0, 0.05) is 30.7 Å². The minimum absolute atomic E-state index is 0.173. The normalized spacial score (nSPS) is 9.71. The summed E-state index contributed by atoms with van der Waals surface area (Å²) in [6.07, 6.45) is 1.81. The number of anilines is 1. The molecule has 0 aliphatic heterocycles. The SMILES string of the molecule is CCN(CCC#N)C(=O)c1cnc(C)cc1N. The van der Waals surface area contributed by atoms with Crippen LogP contribution in [0.15, 0.2) is 12.3 Å². The summed E-state index contributed by atoms with van der Waals surface area (Å²) in [7, 11) is 0. The summed E-state index contributed by atoms with van der Waals surface area (Å²) in [6, 6.07) is 3.69. The minimum Gasteiger partial charge on any atom is -0.398 e. The second-order valence-corrected chi connectivity index (χ2v) is 3.71. The molecule has 0 fully saturated rings. The van der Waals surface area contributed by atoms with Crippen molar-refractivity contribution in [2.75, 3.05) is 18.8 Å². The van der Waals surface area contributed by atoms with E-state index in [2.05, 4.69) is 4.98 Å². The van der Waals surface area contributed by atoms with Gasteiger partial charge in [0.25, 0.3) is 5.91 Å². The number of pyridine rings is 1. The summed E-state index contributed by atoms with van der Waals surface area (Å²) in [5.74, 6) is -0.173. The predicted octanol–water partition coefficient (Wildman–Crippen LogP) is 1.35. The molecule has 0 unspecified atom stereocenters. The molecule has 0 atom stereocenters. The highest BCUT2D eigenvalue weighted by Gasteiger charge is 2.16. The van der Waals surface area contributed by atoms with E-state index in [0.29, 0.717) is 30.8 Å². The molecule has 5 heteroatoms. The van der Waals surface area contributed by atoms with Crippen molar-refractivity contribution in [1.29, 1.82) is 5.26 Å². The molecule has 1 rings (SSSR count). The number of carbonyl (C=O) groups is 1. The third-order valence-corrected chi connectivity index (χ3v) is 2.47. The Bertz CT molecular complexity index is 450. The van der Waals surface area contributed by atoms with Crippen molar-refractivity contribution in [3.05, 3.63) is 23.5 Å². The summed E-state index contributed by atoms with van der Waals surface area (Å²) in [5, 5.41) is 8.53. The number of amides is 1. The first-order chi connectivity index (χ1) is 8.10. The lowest BCUT2D eigenvalue weighted by Gasteiger charge is -2.20. The lowest BCUT2D eigenvalue weighted by Crippen LogP contribution is -2.32. The Kier molecular flexibility index (Phi) is 4.46. The number of nitrogens with two attached hydrogens (primary N) is 1. The van der Waals surface area contributed by atoms with E-state index in [1.165, 1.54) is 6.20 Å². The van der Waals surface area contributed by atoms with E-state index in [4.69, 9.17) is 11.0 Å². The van der Waals surface area contributed by atoms with Gasteiger partial charge in [0.2, 0.25) is 0 Å². The fourth-order valence-electron chi connectivity index (χ4n) is 1.52. The zero-order valence-corrected chi connectivity index (χ0v) is 10.1. The second-order valence-electron chi connectivity index (χ2n) is 3.71. The first-order valence-electron chi connectivity index (χ1n) is 5.48. The van der Waals surface area contributed by atoms with Crippen molar-refractivity contribution in [2.24, 2.45) is 0 Å². The molecule has 1 heterocycles. The van der Waals surface area contributed by atoms with Crippen LogP contribution in [0.25, 0.3) is 0 Å². The summed E-state index contributed by atoms with van der Waals surface area (Å²) in [5.41, 5.74) is 7.40. The summed E-state index contributed by atoms with van der Waals surface area (Å²) in [4.78, 5) is 17.8. The third kappa shape index (κ3) is 3.18. The van der Waals surface area contributed by atoms with Gasteiger partial charge >= 0.3 is 0 Å². The summed E-state index contributed by atoms with van der Waals surface area (Å²) in [6.45, 7) is 4.65. The predicted molar refractivity (Wildman–Crippen MR) is 65.2 cm³/mol. The van der Waals surface area contributed by atoms with Crippen LogP contribution in [0.4, 0.5) is 5.69 Å². The van der Waals surface area contributed by atoms with Gasteiger partial charge in [-0.05, 0) is 19.9 Å². The van der Waals surface area contributed by atoms with E-state index in [1.807, 2.05) is 19.9 Å². The molecule has 0 bridgehead atoms. The highest BCUT2D eigenvalue weighted by atomic mass is 16.2. The van der Waals surface area contributed by atoms with Gasteiger partial charge in [-0.25, -0.2) is 0 Å². The Labute approximate surface area is 101 Å². The van der Waals surface area contributed by atoms with E-state index >= 15 is 0 Å². The van der Waals surface area contributed by atoms with E-state index < -0.39 is 0 Å². The van der Waals surface area contributed by atoms with Crippen LogP contribution in [0.3, 0.4) is 0 Å². The number of nitrogen functional groups attached to an aromatic ring is 1. The average molecular weight is 232 g/mol. The van der Waals surface area contributed by atoms with E-state index in [0.717, 1.165) is 5.69 Å². The van der Waals surface area contributed by atoms with Gasteiger partial charge in [-0.3, -0.25) is 9.78 Å². The fourth-order valence-corrected chi connectivity index (χ4v) is 1.52. The first kappa shape index (κ1) is 13.0. The van der Waals surface area contributed by atoms with Crippen molar-refractivity contribution in [3.8, 4) is 6.07 Å². The van der Waals surface area contributed by atoms with Crippen molar-refractivity contribution >= 4 is 11.6 Å². The number of hydrogen-bond donors (Lipinski definition) is 1. The molecule has 1 aromatic rings. The molecule has 5 nitrogen and oxygen atoms in total. The minimum atomic E-state index is -0.173. The molecule has 0 aliphatic rings. The van der Waals surface area contributed by atoms with Crippen molar-refractivity contribution in [3.63, 3.8) is 0 Å². The number of aryl methyl sites for hydroxylation is 1. The van der Waals surface area contributed by atoms with Crippen LogP contribution in [0.5, 0.6) is 0 Å². The molecule has 0 saturated carbocycles. The number of aromatic nitrogens is 1. The van der Waals surface area contributed by atoms with Crippen molar-refractivity contribution in [1.82, 2.24) is 9.88 Å². The number of carbonyl (C=O) groups excluding carboxylic acids is 1. The maximum atomic E-state index is 12.1. The maximum absolute atomic E-state index is 12.1. The van der Waals surface area contributed by atoms with Crippen LogP contribution in [-0.2, 0) is 0 Å². The Hall–Kier alpha value is -2.09. The molecule has 90 valence electrons. The maximum Gasteiger partial charge on any atom is 0.257 e. The van der Waals surface area contributed by atoms with Gasteiger partial charge < -0.3 is 10.6 Å². The van der Waals surface area contributed by atoms with Crippen LogP contribution in [-0.4, -0.2) is 28.9 Å². The fraction of sp³-hybridized carbons (Fsp3) is 0.417. The zero-order valence-electron chi connectivity index (χ0n) is 10.1. The number of nitrogens with zero attached hydrogens (tertiary/aromatic N) is 3. The summed E-state index contributed by atoms with van der Waals surface area (Å²) >= 11 is 0. The average Bonchev–Trinajstić information content (AvgIpc) is 2.29. The standard InChI is InChI=1S/C12H16N4O/c1-3-16(6-4-5-13)12(17)10-8-15-9(2)7-11(10)14/h7-8H,3-4,6H2,1-2H3,(H2,14,15). The molecular weight excluding hydrogens is 216 g/mol. The second kappa shape index (κ2) is 5.85. The zero-order chi connectivity index (χ0) is 12.8. The molecule has 1 amide bonds. The van der Waals surface area contributed by atoms with Crippen molar-refractivity contribution < 1.29 is 4.79 Å². The van der Waals surface area contributed by atoms with E-state index in [1.54, 1.807) is 11.0 Å². The molecular formula is C12H16N4O. The van der Waals surface area contributed by atoms with Crippen LogP contribution in [0.2, 0.25) is 0 Å². The number of hydrogen-bond acceptors (Lipinski definition) is 4. The van der Waals surface area contributed by atoms with Crippen molar-refractivity contribution in [2.45, 2.75) is 20.3 Å². The molecule has 2 N–H and O–H groups in total. The third-order valence-electron chi connectivity index (χ3n) is 2.47. The molecule has 17 heavy (non-hydrogen) atoms. The topological polar surface area (TPSA) is 83.0 Å². The van der Waals surface area contributed by atoms with Gasteiger partial charge in [0.05, 0.1) is 18.1 Å². The van der Waals surface area contributed by atoms with Gasteiger partial charge in [0.1, 0.15) is 0 Å². The largest absolute Gasteiger partial charge is 0.398 e. The Morgan fingerprint density at radius 2 is 2.35 bits per heavy atom. The van der Waals surface area contributed by atoms with Gasteiger partial charge in [0.15, 0.2) is 0 Å². The van der Waals surface area contributed by atoms with Gasteiger partial charge in [-0.15, -0.1) is 0 Å². The lowest BCUT2D eigenvalue weighted by molar-refractivity contribution is 0.0768. The summed E-state index contributed by atoms with van der Waals surface area (Å²) < 4.78 is 0. The molecule has 0 saturated heterocycles. The highest BCUT2D eigenvalue weighted by molar-refractivity contribution is 5.98. The van der Waals surface area contributed by atoms with Crippen LogP contribution >= 0.6 is 0 Å². The van der Waals surface area contributed by atoms with E-state index in [-0.39, 0.29) is 5.91 Å². The monoisotopic (exact) mass is 232 g/mol. The van der Waals surface area contributed by atoms with E-state index in [9.17, 15) is 4.79 Å². The Morgan fingerprint density at radius 1 is 1.65 bits per heavy atom. The molecule has 1 aromatic heterocycles. The quantitative estimate of drug-likeness (QED) is 0.849. The van der Waals surface area contributed by atoms with Gasteiger partial charge in [-0.2, -0.15) is 5.26 Å². The molecule has 0 radical (unpaired) electrons. The number of nitriles is 1. The Morgan fingerprint density at radius 3 is 2.88 bits per heavy atom. The van der Waals surface area contributed by atoms with Crippen LogP contribution in [0, 0.1) is 18.3 Å². The molecule has 0 aliphatic carbocycles. The number of rotatable bonds is 4. The lowest BCUT2D eigenvalue weighted by atomic mass is 10.2. The molecule has 0 aromatic carbocycles. The van der Waals surface area contributed by atoms with Gasteiger partial charge in [-0.1, -0.05) is 0 Å². The van der Waals surface area contributed by atoms with Crippen LogP contribution in [0.1, 0.15) is 29.4 Å².